The molecule has 0 radical (unpaired) electrons. The number of hydrogen-bond acceptors (Lipinski definition) is 2. The van der Waals surface area contributed by atoms with Gasteiger partial charge in [0.05, 0.1) is 6.04 Å². The van der Waals surface area contributed by atoms with E-state index in [4.69, 9.17) is 0 Å². The third kappa shape index (κ3) is 4.26. The molecule has 4 rings (SSSR count). The molecule has 0 aromatic heterocycles. The van der Waals surface area contributed by atoms with Crippen LogP contribution in [0.3, 0.4) is 0 Å². The van der Waals surface area contributed by atoms with Crippen LogP contribution in [0.5, 0.6) is 0 Å². The quantitative estimate of drug-likeness (QED) is 0.591. The Balaban J connectivity index is 1.46. The van der Waals surface area contributed by atoms with E-state index < -0.39 is 0 Å². The summed E-state index contributed by atoms with van der Waals surface area (Å²) >= 11 is 0. The van der Waals surface area contributed by atoms with Crippen molar-refractivity contribution < 1.29 is 4.39 Å². The van der Waals surface area contributed by atoms with E-state index in [-0.39, 0.29) is 11.9 Å². The third-order valence-electron chi connectivity index (χ3n) is 6.27. The second kappa shape index (κ2) is 8.89. The molecule has 0 spiro atoms. The number of benzene rings is 2. The van der Waals surface area contributed by atoms with Crippen molar-refractivity contribution in [2.24, 2.45) is 0 Å². The molecule has 2 aromatic rings. The van der Waals surface area contributed by atoms with E-state index in [0.29, 0.717) is 6.04 Å². The summed E-state index contributed by atoms with van der Waals surface area (Å²) in [7, 11) is 0. The largest absolute Gasteiger partial charge is 0.292 e. The first-order valence-corrected chi connectivity index (χ1v) is 10.4. The molecule has 0 N–H and O–H groups in total. The normalized spacial score (nSPS) is 19.7. The highest BCUT2D eigenvalue weighted by Gasteiger charge is 2.32. The first-order valence-electron chi connectivity index (χ1n) is 10.4. The van der Waals surface area contributed by atoms with Crippen LogP contribution in [0, 0.1) is 5.82 Å². The van der Waals surface area contributed by atoms with Gasteiger partial charge in [-0.3, -0.25) is 9.80 Å². The maximum Gasteiger partial charge on any atom is 0.123 e. The smallest absolute Gasteiger partial charge is 0.123 e. The molecule has 1 atom stereocenters. The second-order valence-corrected chi connectivity index (χ2v) is 8.00. The van der Waals surface area contributed by atoms with E-state index >= 15 is 0 Å². The summed E-state index contributed by atoms with van der Waals surface area (Å²) in [5, 5.41) is 0. The summed E-state index contributed by atoms with van der Waals surface area (Å²) in [6.45, 7) is 11.8. The molecule has 29 heavy (non-hydrogen) atoms. The molecule has 1 unspecified atom stereocenters. The van der Waals surface area contributed by atoms with Crippen LogP contribution in [0.4, 0.5) is 4.39 Å². The minimum absolute atomic E-state index is 0.128. The number of hydrogen-bond donors (Lipinski definition) is 0. The van der Waals surface area contributed by atoms with Crippen LogP contribution in [0.2, 0.25) is 0 Å². The Morgan fingerprint density at radius 2 is 1.72 bits per heavy atom. The minimum atomic E-state index is -0.128. The zero-order chi connectivity index (χ0) is 20.2. The number of fused-ring (bicyclic) bond motifs is 1. The molecule has 1 saturated heterocycles. The number of likely N-dealkylation sites (tertiary alicyclic amines) is 1. The van der Waals surface area contributed by atoms with Crippen molar-refractivity contribution in [3.8, 4) is 0 Å². The molecule has 0 amide bonds. The third-order valence-corrected chi connectivity index (χ3v) is 6.27. The molecule has 2 aliphatic heterocycles. The average Bonchev–Trinajstić information content (AvgIpc) is 3.18. The van der Waals surface area contributed by atoms with E-state index in [1.807, 2.05) is 18.2 Å². The van der Waals surface area contributed by atoms with Gasteiger partial charge in [0.15, 0.2) is 0 Å². The predicted molar refractivity (Wildman–Crippen MR) is 118 cm³/mol. The van der Waals surface area contributed by atoms with Crippen molar-refractivity contribution in [1.82, 2.24) is 9.80 Å². The van der Waals surface area contributed by atoms with Gasteiger partial charge in [-0.25, -0.2) is 4.39 Å². The molecule has 0 aliphatic carbocycles. The number of nitrogens with zero attached hydrogens (tertiary/aromatic N) is 2. The Morgan fingerprint density at radius 1 is 1.00 bits per heavy atom. The summed E-state index contributed by atoms with van der Waals surface area (Å²) in [5.74, 6) is -0.128. The molecule has 0 saturated carbocycles. The number of allylic oxidation sites excluding steroid dienone is 2. The van der Waals surface area contributed by atoms with E-state index in [0.717, 1.165) is 44.6 Å². The molecule has 2 aliphatic rings. The molecule has 2 aromatic carbocycles. The van der Waals surface area contributed by atoms with Crippen molar-refractivity contribution in [3.63, 3.8) is 0 Å². The fourth-order valence-corrected chi connectivity index (χ4v) is 4.81. The maximum absolute atomic E-state index is 13.6. The van der Waals surface area contributed by atoms with Crippen LogP contribution in [-0.2, 0) is 13.1 Å². The van der Waals surface area contributed by atoms with Gasteiger partial charge in [-0.05, 0) is 47.2 Å². The number of piperidine rings is 1. The molecule has 0 bridgehead atoms. The standard InChI is InChI=1S/C26H29FN2/c1-3-8-20(4-2)26(21-9-6-5-7-10-21)28-15-13-25(14-16-28)29-18-22-11-12-24(27)17-23(22)19-29/h3-12,17,25-26H,1-2,13-16,18-19H2/b20-8+. The van der Waals surface area contributed by atoms with Gasteiger partial charge in [0.1, 0.15) is 5.82 Å². The summed E-state index contributed by atoms with van der Waals surface area (Å²) in [6, 6.07) is 16.6. The maximum atomic E-state index is 13.6. The van der Waals surface area contributed by atoms with Gasteiger partial charge in [-0.2, -0.15) is 0 Å². The van der Waals surface area contributed by atoms with Gasteiger partial charge >= 0.3 is 0 Å². The average molecular weight is 389 g/mol. The van der Waals surface area contributed by atoms with Crippen molar-refractivity contribution in [2.45, 2.75) is 38.0 Å². The molecule has 150 valence electrons. The minimum Gasteiger partial charge on any atom is -0.292 e. The lowest BCUT2D eigenvalue weighted by Crippen LogP contribution is -2.44. The number of rotatable bonds is 6. The van der Waals surface area contributed by atoms with Gasteiger partial charge in [0.2, 0.25) is 0 Å². The van der Waals surface area contributed by atoms with Crippen LogP contribution >= 0.6 is 0 Å². The molecule has 3 heteroatoms. The Labute approximate surface area is 173 Å². The summed E-state index contributed by atoms with van der Waals surface area (Å²) in [4.78, 5) is 5.08. The highest BCUT2D eigenvalue weighted by Crippen LogP contribution is 2.34. The van der Waals surface area contributed by atoms with Crippen molar-refractivity contribution in [2.75, 3.05) is 13.1 Å². The Bertz CT molecular complexity index is 894. The lowest BCUT2D eigenvalue weighted by atomic mass is 9.93. The summed E-state index contributed by atoms with van der Waals surface area (Å²) < 4.78 is 13.6. The summed E-state index contributed by atoms with van der Waals surface area (Å²) in [5.41, 5.74) is 4.91. The Morgan fingerprint density at radius 3 is 2.41 bits per heavy atom. The SMILES string of the molecule is C=C/C=C(\C=C)C(c1ccccc1)N1CCC(N2Cc3ccc(F)cc3C2)CC1. The predicted octanol–water partition coefficient (Wildman–Crippen LogP) is 5.65. The zero-order valence-electron chi connectivity index (χ0n) is 16.9. The zero-order valence-corrected chi connectivity index (χ0v) is 16.9. The topological polar surface area (TPSA) is 6.48 Å². The van der Waals surface area contributed by atoms with Crippen LogP contribution in [0.15, 0.2) is 85.5 Å². The van der Waals surface area contributed by atoms with Crippen LogP contribution < -0.4 is 0 Å². The first-order chi connectivity index (χ1) is 14.2. The van der Waals surface area contributed by atoms with E-state index in [2.05, 4.69) is 59.4 Å². The van der Waals surface area contributed by atoms with Crippen LogP contribution in [-0.4, -0.2) is 28.9 Å². The number of halogens is 1. The molecule has 1 fully saturated rings. The summed E-state index contributed by atoms with van der Waals surface area (Å²) in [6.07, 6.45) is 8.12. The van der Waals surface area contributed by atoms with Gasteiger partial charge in [-0.15, -0.1) is 0 Å². The van der Waals surface area contributed by atoms with Gasteiger partial charge in [0.25, 0.3) is 0 Å². The highest BCUT2D eigenvalue weighted by atomic mass is 19.1. The van der Waals surface area contributed by atoms with Gasteiger partial charge < -0.3 is 0 Å². The van der Waals surface area contributed by atoms with Crippen LogP contribution in [0.1, 0.15) is 35.6 Å². The Hall–Kier alpha value is -2.49. The van der Waals surface area contributed by atoms with Gasteiger partial charge in [-0.1, -0.05) is 67.8 Å². The molecule has 2 heterocycles. The second-order valence-electron chi connectivity index (χ2n) is 8.00. The highest BCUT2D eigenvalue weighted by molar-refractivity contribution is 5.36. The van der Waals surface area contributed by atoms with Gasteiger partial charge in [0, 0.05) is 32.2 Å². The Kier molecular flexibility index (Phi) is 6.08. The van der Waals surface area contributed by atoms with Crippen molar-refractivity contribution >= 4 is 0 Å². The monoisotopic (exact) mass is 388 g/mol. The van der Waals surface area contributed by atoms with Crippen LogP contribution in [0.25, 0.3) is 0 Å². The fourth-order valence-electron chi connectivity index (χ4n) is 4.81. The van der Waals surface area contributed by atoms with Crippen molar-refractivity contribution in [3.05, 3.63) is 108 Å². The lowest BCUT2D eigenvalue weighted by Gasteiger charge is -2.41. The molecular weight excluding hydrogens is 359 g/mol. The molecular formula is C26H29FN2. The fraction of sp³-hybridized carbons (Fsp3) is 0.308. The van der Waals surface area contributed by atoms with E-state index in [1.54, 1.807) is 12.1 Å². The lowest BCUT2D eigenvalue weighted by molar-refractivity contribution is 0.0910. The molecule has 2 nitrogen and oxygen atoms in total. The van der Waals surface area contributed by atoms with E-state index in [1.165, 1.54) is 16.7 Å². The van der Waals surface area contributed by atoms with E-state index in [9.17, 15) is 4.39 Å². The van der Waals surface area contributed by atoms with Crippen molar-refractivity contribution in [1.29, 1.82) is 0 Å². The first kappa shape index (κ1) is 19.8.